The lowest BCUT2D eigenvalue weighted by Crippen LogP contribution is -2.39. The molecule has 3 fully saturated rings. The van der Waals surface area contributed by atoms with Crippen LogP contribution < -0.4 is 9.80 Å². The number of anilines is 2. The Bertz CT molecular complexity index is 500. The van der Waals surface area contributed by atoms with Gasteiger partial charge < -0.3 is 14.7 Å². The van der Waals surface area contributed by atoms with E-state index in [0.29, 0.717) is 0 Å². The molecule has 4 heterocycles. The van der Waals surface area contributed by atoms with Gasteiger partial charge in [-0.15, -0.1) is 0 Å². The Morgan fingerprint density at radius 2 is 1.57 bits per heavy atom. The van der Waals surface area contributed by atoms with Gasteiger partial charge in [0.2, 0.25) is 5.95 Å². The predicted molar refractivity (Wildman–Crippen MR) is 94.1 cm³/mol. The molecule has 23 heavy (non-hydrogen) atoms. The average Bonchev–Trinajstić information content (AvgIpc) is 3.29. The molecule has 4 rings (SSSR count). The maximum atomic E-state index is 4.84. The number of rotatable bonds is 4. The molecule has 1 aromatic heterocycles. The average molecular weight is 315 g/mol. The van der Waals surface area contributed by atoms with Crippen molar-refractivity contribution in [3.63, 3.8) is 0 Å². The molecule has 126 valence electrons. The Morgan fingerprint density at radius 3 is 2.30 bits per heavy atom. The molecule has 0 bridgehead atoms. The molecule has 0 aliphatic carbocycles. The first-order chi connectivity index (χ1) is 11.4. The fraction of sp³-hybridized carbons (Fsp3) is 0.778. The second-order valence-corrected chi connectivity index (χ2v) is 7.35. The van der Waals surface area contributed by atoms with Gasteiger partial charge in [-0.2, -0.15) is 4.98 Å². The zero-order chi connectivity index (χ0) is 15.5. The number of piperidine rings is 1. The second kappa shape index (κ2) is 7.04. The predicted octanol–water partition coefficient (Wildman–Crippen LogP) is 2.39. The molecule has 0 amide bonds. The summed E-state index contributed by atoms with van der Waals surface area (Å²) in [6.45, 7) is 8.47. The minimum Gasteiger partial charge on any atom is -0.356 e. The van der Waals surface area contributed by atoms with Crippen LogP contribution in [-0.2, 0) is 0 Å². The zero-order valence-corrected chi connectivity index (χ0v) is 14.2. The lowest BCUT2D eigenvalue weighted by atomic mass is 9.96. The first-order valence-electron chi connectivity index (χ1n) is 9.44. The molecular weight excluding hydrogens is 286 g/mol. The molecule has 0 atom stereocenters. The summed E-state index contributed by atoms with van der Waals surface area (Å²) >= 11 is 0. The molecule has 3 saturated heterocycles. The molecule has 3 aliphatic heterocycles. The largest absolute Gasteiger partial charge is 0.356 e. The van der Waals surface area contributed by atoms with Crippen molar-refractivity contribution in [2.24, 2.45) is 5.92 Å². The molecule has 0 spiro atoms. The third-order valence-corrected chi connectivity index (χ3v) is 5.67. The molecule has 0 unspecified atom stereocenters. The highest BCUT2D eigenvalue weighted by Crippen LogP contribution is 2.25. The Labute approximate surface area is 139 Å². The maximum absolute atomic E-state index is 4.84. The molecule has 0 radical (unpaired) electrons. The van der Waals surface area contributed by atoms with Crippen LogP contribution in [0.5, 0.6) is 0 Å². The SMILES string of the molecule is c1cc(N2CCCC2)nc(N2CCC(CN3CCCC3)CC2)n1. The molecule has 1 aromatic rings. The summed E-state index contributed by atoms with van der Waals surface area (Å²) in [5.41, 5.74) is 0. The second-order valence-electron chi connectivity index (χ2n) is 7.35. The van der Waals surface area contributed by atoms with Gasteiger partial charge in [-0.1, -0.05) is 0 Å². The van der Waals surface area contributed by atoms with E-state index in [-0.39, 0.29) is 0 Å². The molecule has 3 aliphatic rings. The summed E-state index contributed by atoms with van der Waals surface area (Å²) in [5.74, 6) is 2.92. The molecular formula is C18H29N5. The van der Waals surface area contributed by atoms with Gasteiger partial charge in [0.1, 0.15) is 5.82 Å². The zero-order valence-electron chi connectivity index (χ0n) is 14.2. The van der Waals surface area contributed by atoms with Gasteiger partial charge in [-0.3, -0.25) is 0 Å². The lowest BCUT2D eigenvalue weighted by molar-refractivity contribution is 0.249. The molecule has 0 saturated carbocycles. The topological polar surface area (TPSA) is 35.5 Å². The van der Waals surface area contributed by atoms with E-state index in [4.69, 9.17) is 4.98 Å². The fourth-order valence-electron chi connectivity index (χ4n) is 4.26. The summed E-state index contributed by atoms with van der Waals surface area (Å²) < 4.78 is 0. The third kappa shape index (κ3) is 3.60. The van der Waals surface area contributed by atoms with Gasteiger partial charge in [0.05, 0.1) is 0 Å². The van der Waals surface area contributed by atoms with E-state index in [0.717, 1.165) is 43.9 Å². The van der Waals surface area contributed by atoms with Crippen molar-refractivity contribution in [2.75, 3.05) is 55.6 Å². The van der Waals surface area contributed by atoms with Crippen LogP contribution in [0.2, 0.25) is 0 Å². The van der Waals surface area contributed by atoms with Gasteiger partial charge in [-0.25, -0.2) is 4.98 Å². The van der Waals surface area contributed by atoms with Gasteiger partial charge in [0.25, 0.3) is 0 Å². The Kier molecular flexibility index (Phi) is 4.64. The minimum absolute atomic E-state index is 0.867. The van der Waals surface area contributed by atoms with Crippen molar-refractivity contribution in [3.05, 3.63) is 12.3 Å². The Morgan fingerprint density at radius 1 is 0.870 bits per heavy atom. The quantitative estimate of drug-likeness (QED) is 0.852. The lowest BCUT2D eigenvalue weighted by Gasteiger charge is -2.34. The van der Waals surface area contributed by atoms with E-state index < -0.39 is 0 Å². The van der Waals surface area contributed by atoms with Crippen LogP contribution in [0, 0.1) is 5.92 Å². The van der Waals surface area contributed by atoms with Crippen molar-refractivity contribution in [1.29, 1.82) is 0 Å². The molecule has 0 N–H and O–H groups in total. The number of hydrogen-bond acceptors (Lipinski definition) is 5. The van der Waals surface area contributed by atoms with Crippen molar-refractivity contribution in [1.82, 2.24) is 14.9 Å². The fourth-order valence-corrected chi connectivity index (χ4v) is 4.26. The Hall–Kier alpha value is -1.36. The van der Waals surface area contributed by atoms with E-state index in [1.807, 2.05) is 6.20 Å². The first-order valence-corrected chi connectivity index (χ1v) is 9.44. The van der Waals surface area contributed by atoms with Crippen molar-refractivity contribution in [3.8, 4) is 0 Å². The van der Waals surface area contributed by atoms with E-state index in [9.17, 15) is 0 Å². The number of aromatic nitrogens is 2. The van der Waals surface area contributed by atoms with Crippen LogP contribution in [-0.4, -0.2) is 60.7 Å². The van der Waals surface area contributed by atoms with Crippen LogP contribution >= 0.6 is 0 Å². The standard InChI is InChI=1S/C18H29N5/c1-2-10-21(9-1)15-16-6-13-23(14-7-16)18-19-8-5-17(20-18)22-11-3-4-12-22/h5,8,16H,1-4,6-7,9-15H2. The smallest absolute Gasteiger partial charge is 0.227 e. The highest BCUT2D eigenvalue weighted by atomic mass is 15.3. The van der Waals surface area contributed by atoms with Gasteiger partial charge in [-0.05, 0) is 63.6 Å². The molecule has 0 aromatic carbocycles. The summed E-state index contributed by atoms with van der Waals surface area (Å²) in [5, 5.41) is 0. The minimum atomic E-state index is 0.867. The molecule has 5 nitrogen and oxygen atoms in total. The first kappa shape index (κ1) is 15.2. The monoisotopic (exact) mass is 315 g/mol. The van der Waals surface area contributed by atoms with E-state index in [1.54, 1.807) is 0 Å². The van der Waals surface area contributed by atoms with Crippen molar-refractivity contribution < 1.29 is 0 Å². The van der Waals surface area contributed by atoms with Gasteiger partial charge >= 0.3 is 0 Å². The van der Waals surface area contributed by atoms with Crippen LogP contribution in [0.25, 0.3) is 0 Å². The van der Waals surface area contributed by atoms with Gasteiger partial charge in [0, 0.05) is 38.9 Å². The van der Waals surface area contributed by atoms with Crippen molar-refractivity contribution >= 4 is 11.8 Å². The van der Waals surface area contributed by atoms with Crippen LogP contribution in [0.3, 0.4) is 0 Å². The summed E-state index contributed by atoms with van der Waals surface area (Å²) in [4.78, 5) is 16.8. The normalized spacial score (nSPS) is 23.8. The third-order valence-electron chi connectivity index (χ3n) is 5.67. The van der Waals surface area contributed by atoms with E-state index in [1.165, 1.54) is 58.2 Å². The highest BCUT2D eigenvalue weighted by Gasteiger charge is 2.24. The summed E-state index contributed by atoms with van der Waals surface area (Å²) in [6.07, 6.45) is 9.89. The summed E-state index contributed by atoms with van der Waals surface area (Å²) in [6, 6.07) is 2.06. The van der Waals surface area contributed by atoms with Crippen LogP contribution in [0.1, 0.15) is 38.5 Å². The number of likely N-dealkylation sites (tertiary alicyclic amines) is 1. The highest BCUT2D eigenvalue weighted by molar-refractivity contribution is 5.44. The van der Waals surface area contributed by atoms with Crippen LogP contribution in [0.4, 0.5) is 11.8 Å². The van der Waals surface area contributed by atoms with Gasteiger partial charge in [0.15, 0.2) is 0 Å². The van der Waals surface area contributed by atoms with E-state index >= 15 is 0 Å². The van der Waals surface area contributed by atoms with Crippen molar-refractivity contribution in [2.45, 2.75) is 38.5 Å². The Balaban J connectivity index is 1.33. The summed E-state index contributed by atoms with van der Waals surface area (Å²) in [7, 11) is 0. The number of nitrogens with zero attached hydrogens (tertiary/aromatic N) is 5. The van der Waals surface area contributed by atoms with Crippen LogP contribution in [0.15, 0.2) is 12.3 Å². The number of hydrogen-bond donors (Lipinski definition) is 0. The van der Waals surface area contributed by atoms with E-state index in [2.05, 4.69) is 25.8 Å². The maximum Gasteiger partial charge on any atom is 0.227 e. The molecule has 5 heteroatoms.